The van der Waals surface area contributed by atoms with Gasteiger partial charge in [0.15, 0.2) is 0 Å². The monoisotopic (exact) mass is 263 g/mol. The average Bonchev–Trinajstić information content (AvgIpc) is 2.88. The quantitative estimate of drug-likeness (QED) is 0.828. The van der Waals surface area contributed by atoms with Crippen molar-refractivity contribution in [2.75, 3.05) is 13.2 Å². The fourth-order valence-corrected chi connectivity index (χ4v) is 2.93. The summed E-state index contributed by atoms with van der Waals surface area (Å²) in [6, 6.07) is 7.82. The molecule has 19 heavy (non-hydrogen) atoms. The summed E-state index contributed by atoms with van der Waals surface area (Å²) in [7, 11) is 0. The van der Waals surface area contributed by atoms with Crippen LogP contribution in [0.1, 0.15) is 44.7 Å². The van der Waals surface area contributed by atoms with Crippen LogP contribution in [0.15, 0.2) is 24.3 Å². The smallest absolute Gasteiger partial charge is 0.120 e. The van der Waals surface area contributed by atoms with Gasteiger partial charge in [0, 0.05) is 24.8 Å². The number of para-hydroxylation sites is 1. The van der Waals surface area contributed by atoms with Gasteiger partial charge in [-0.2, -0.15) is 0 Å². The van der Waals surface area contributed by atoms with Crippen molar-refractivity contribution < 1.29 is 9.84 Å². The first kappa shape index (κ1) is 14.4. The molecule has 0 radical (unpaired) electrons. The molecule has 3 nitrogen and oxygen atoms in total. The highest BCUT2D eigenvalue weighted by Crippen LogP contribution is 2.28. The van der Waals surface area contributed by atoms with Crippen LogP contribution in [0.2, 0.25) is 0 Å². The van der Waals surface area contributed by atoms with Gasteiger partial charge in [-0.3, -0.25) is 0 Å². The Balaban J connectivity index is 1.95. The molecule has 1 fully saturated rings. The molecule has 3 unspecified atom stereocenters. The largest absolute Gasteiger partial charge is 0.508 e. The molecule has 3 heteroatoms. The molecule has 2 rings (SSSR count). The second-order valence-electron chi connectivity index (χ2n) is 5.29. The van der Waals surface area contributed by atoms with Crippen LogP contribution in [0, 0.1) is 5.92 Å². The van der Waals surface area contributed by atoms with E-state index in [0.29, 0.717) is 17.8 Å². The van der Waals surface area contributed by atoms with Gasteiger partial charge in [0.25, 0.3) is 0 Å². The molecule has 1 aliphatic heterocycles. The fourth-order valence-electron chi connectivity index (χ4n) is 2.93. The minimum atomic E-state index is 0.222. The van der Waals surface area contributed by atoms with Gasteiger partial charge < -0.3 is 15.2 Å². The van der Waals surface area contributed by atoms with Crippen LogP contribution in [0.3, 0.4) is 0 Å². The van der Waals surface area contributed by atoms with Crippen LogP contribution >= 0.6 is 0 Å². The highest BCUT2D eigenvalue weighted by molar-refractivity contribution is 5.34. The van der Waals surface area contributed by atoms with E-state index < -0.39 is 0 Å². The molecular formula is C16H25NO2. The van der Waals surface area contributed by atoms with E-state index in [9.17, 15) is 5.11 Å². The van der Waals surface area contributed by atoms with Crippen LogP contribution in [0.4, 0.5) is 0 Å². The number of ether oxygens (including phenoxy) is 1. The Bertz CT molecular complexity index is 394. The van der Waals surface area contributed by atoms with Gasteiger partial charge >= 0.3 is 0 Å². The molecule has 1 aliphatic rings. The number of rotatable bonds is 6. The number of aromatic hydroxyl groups is 1. The third kappa shape index (κ3) is 3.48. The topological polar surface area (TPSA) is 41.5 Å². The summed E-state index contributed by atoms with van der Waals surface area (Å²) in [6.45, 7) is 6.18. The summed E-state index contributed by atoms with van der Waals surface area (Å²) in [5.74, 6) is 0.987. The Morgan fingerprint density at radius 2 is 2.16 bits per heavy atom. The highest BCUT2D eigenvalue weighted by atomic mass is 16.5. The highest BCUT2D eigenvalue weighted by Gasteiger charge is 2.27. The van der Waals surface area contributed by atoms with E-state index in [-0.39, 0.29) is 6.04 Å². The van der Waals surface area contributed by atoms with Crippen LogP contribution in [-0.4, -0.2) is 24.4 Å². The maximum absolute atomic E-state index is 9.94. The predicted octanol–water partition coefficient (Wildman–Crippen LogP) is 3.25. The predicted molar refractivity (Wildman–Crippen MR) is 77.3 cm³/mol. The van der Waals surface area contributed by atoms with Crippen molar-refractivity contribution in [3.63, 3.8) is 0 Å². The minimum Gasteiger partial charge on any atom is -0.508 e. The first-order valence-corrected chi connectivity index (χ1v) is 7.39. The fraction of sp³-hybridized carbons (Fsp3) is 0.625. The Hall–Kier alpha value is -1.06. The van der Waals surface area contributed by atoms with Crippen molar-refractivity contribution in [1.29, 1.82) is 0 Å². The van der Waals surface area contributed by atoms with E-state index in [1.807, 2.05) is 18.2 Å². The number of phenolic OH excluding ortho intramolecular Hbond substituents is 1. The summed E-state index contributed by atoms with van der Waals surface area (Å²) >= 11 is 0. The maximum atomic E-state index is 9.94. The number of phenols is 1. The SMILES string of the molecule is CCC(NCC1CCOC1CC)c1ccccc1O. The van der Waals surface area contributed by atoms with Crippen molar-refractivity contribution in [3.8, 4) is 5.75 Å². The number of hydrogen-bond acceptors (Lipinski definition) is 3. The third-order valence-corrected chi connectivity index (χ3v) is 4.10. The molecule has 0 spiro atoms. The third-order valence-electron chi connectivity index (χ3n) is 4.10. The number of hydrogen-bond donors (Lipinski definition) is 2. The number of benzene rings is 1. The molecular weight excluding hydrogens is 238 g/mol. The lowest BCUT2D eigenvalue weighted by Crippen LogP contribution is -2.31. The van der Waals surface area contributed by atoms with Crippen molar-refractivity contribution in [2.45, 2.75) is 45.3 Å². The van der Waals surface area contributed by atoms with Gasteiger partial charge in [-0.05, 0) is 31.2 Å². The summed E-state index contributed by atoms with van der Waals surface area (Å²) < 4.78 is 5.72. The maximum Gasteiger partial charge on any atom is 0.120 e. The summed E-state index contributed by atoms with van der Waals surface area (Å²) in [5.41, 5.74) is 0.997. The molecule has 0 bridgehead atoms. The van der Waals surface area contributed by atoms with Crippen molar-refractivity contribution >= 4 is 0 Å². The average molecular weight is 263 g/mol. The van der Waals surface area contributed by atoms with Crippen molar-refractivity contribution in [1.82, 2.24) is 5.32 Å². The molecule has 1 aromatic rings. The summed E-state index contributed by atoms with van der Waals surface area (Å²) in [5, 5.41) is 13.5. The summed E-state index contributed by atoms with van der Waals surface area (Å²) in [4.78, 5) is 0. The van der Waals surface area contributed by atoms with Crippen molar-refractivity contribution in [2.24, 2.45) is 5.92 Å². The van der Waals surface area contributed by atoms with E-state index in [0.717, 1.165) is 38.0 Å². The number of nitrogens with one attached hydrogen (secondary N) is 1. The zero-order valence-corrected chi connectivity index (χ0v) is 11.9. The molecule has 0 amide bonds. The molecule has 0 aromatic heterocycles. The summed E-state index contributed by atoms with van der Waals surface area (Å²) in [6.07, 6.45) is 3.60. The van der Waals surface area contributed by atoms with E-state index in [1.165, 1.54) is 0 Å². The van der Waals surface area contributed by atoms with Crippen LogP contribution < -0.4 is 5.32 Å². The first-order valence-electron chi connectivity index (χ1n) is 7.39. The lowest BCUT2D eigenvalue weighted by atomic mass is 9.97. The van der Waals surface area contributed by atoms with Gasteiger partial charge in [0.2, 0.25) is 0 Å². The zero-order chi connectivity index (χ0) is 13.7. The van der Waals surface area contributed by atoms with Crippen LogP contribution in [0.5, 0.6) is 5.75 Å². The van der Waals surface area contributed by atoms with E-state index in [2.05, 4.69) is 19.2 Å². The normalized spacial score (nSPS) is 24.5. The standard InChI is InChI=1S/C16H25NO2/c1-3-14(13-7-5-6-8-15(13)18)17-11-12-9-10-19-16(12)4-2/h5-8,12,14,16-18H,3-4,9-11H2,1-2H3. The second-order valence-corrected chi connectivity index (χ2v) is 5.29. The molecule has 0 saturated carbocycles. The molecule has 3 atom stereocenters. The Labute approximate surface area is 116 Å². The van der Waals surface area contributed by atoms with Gasteiger partial charge in [-0.1, -0.05) is 32.0 Å². The lowest BCUT2D eigenvalue weighted by Gasteiger charge is -2.23. The molecule has 1 saturated heterocycles. The Morgan fingerprint density at radius 1 is 1.37 bits per heavy atom. The van der Waals surface area contributed by atoms with Gasteiger partial charge in [0.05, 0.1) is 6.10 Å². The minimum absolute atomic E-state index is 0.222. The van der Waals surface area contributed by atoms with Crippen LogP contribution in [-0.2, 0) is 4.74 Å². The van der Waals surface area contributed by atoms with Gasteiger partial charge in [-0.15, -0.1) is 0 Å². The zero-order valence-electron chi connectivity index (χ0n) is 11.9. The van der Waals surface area contributed by atoms with Crippen molar-refractivity contribution in [3.05, 3.63) is 29.8 Å². The molecule has 1 aromatic carbocycles. The molecule has 1 heterocycles. The van der Waals surface area contributed by atoms with Gasteiger partial charge in [-0.25, -0.2) is 0 Å². The molecule has 2 N–H and O–H groups in total. The van der Waals surface area contributed by atoms with Gasteiger partial charge in [0.1, 0.15) is 5.75 Å². The first-order chi connectivity index (χ1) is 9.26. The van der Waals surface area contributed by atoms with E-state index in [1.54, 1.807) is 6.07 Å². The molecule has 0 aliphatic carbocycles. The van der Waals surface area contributed by atoms with E-state index >= 15 is 0 Å². The van der Waals surface area contributed by atoms with Crippen LogP contribution in [0.25, 0.3) is 0 Å². The molecule has 106 valence electrons. The second kappa shape index (κ2) is 6.92. The Kier molecular flexibility index (Phi) is 5.23. The van der Waals surface area contributed by atoms with E-state index in [4.69, 9.17) is 4.74 Å². The lowest BCUT2D eigenvalue weighted by molar-refractivity contribution is 0.0865. The Morgan fingerprint density at radius 3 is 2.84 bits per heavy atom.